The lowest BCUT2D eigenvalue weighted by Gasteiger charge is -2.09. The number of benzene rings is 3. The Kier molecular flexibility index (Phi) is 5.32. The van der Waals surface area contributed by atoms with Crippen molar-refractivity contribution in [1.29, 1.82) is 0 Å². The largest absolute Gasteiger partial charge is 0.457 e. The molecule has 0 fully saturated rings. The monoisotopic (exact) mass is 437 g/mol. The van der Waals surface area contributed by atoms with Crippen LogP contribution in [0.1, 0.15) is 15.9 Å². The minimum atomic E-state index is -0.337. The highest BCUT2D eigenvalue weighted by Crippen LogP contribution is 2.25. The van der Waals surface area contributed by atoms with Crippen molar-refractivity contribution >= 4 is 17.2 Å². The van der Waals surface area contributed by atoms with Crippen LogP contribution >= 0.6 is 0 Å². The first-order valence-electron chi connectivity index (χ1n) is 10.4. The van der Waals surface area contributed by atoms with E-state index in [1.807, 2.05) is 60.1 Å². The van der Waals surface area contributed by atoms with Crippen molar-refractivity contribution in [3.05, 3.63) is 114 Å². The lowest BCUT2D eigenvalue weighted by molar-refractivity contribution is 0.102. The van der Waals surface area contributed by atoms with Crippen LogP contribution in [0.15, 0.2) is 97.3 Å². The number of imidazole rings is 1. The molecule has 0 bridgehead atoms. The molecule has 2 aromatic heterocycles. The number of nitrogens with zero attached hydrogens (tertiary/aromatic N) is 2. The second kappa shape index (κ2) is 8.59. The third kappa shape index (κ3) is 4.45. The molecule has 162 valence electrons. The van der Waals surface area contributed by atoms with E-state index in [1.54, 1.807) is 24.3 Å². The third-order valence-corrected chi connectivity index (χ3v) is 5.24. The van der Waals surface area contributed by atoms with Crippen molar-refractivity contribution in [2.45, 2.75) is 6.92 Å². The normalized spacial score (nSPS) is 10.8. The van der Waals surface area contributed by atoms with E-state index >= 15 is 0 Å². The van der Waals surface area contributed by atoms with Gasteiger partial charge in [0.25, 0.3) is 5.91 Å². The summed E-state index contributed by atoms with van der Waals surface area (Å²) in [4.78, 5) is 17.6. The molecular weight excluding hydrogens is 417 g/mol. The molecule has 6 heteroatoms. The summed E-state index contributed by atoms with van der Waals surface area (Å²) in [6.45, 7) is 2.02. The fraction of sp³-hybridized carbons (Fsp3) is 0.0370. The number of halogens is 1. The van der Waals surface area contributed by atoms with Gasteiger partial charge in [0.2, 0.25) is 0 Å². The van der Waals surface area contributed by atoms with Crippen molar-refractivity contribution in [3.8, 4) is 22.8 Å². The van der Waals surface area contributed by atoms with Crippen LogP contribution < -0.4 is 10.1 Å². The molecule has 0 aliphatic rings. The molecule has 0 spiro atoms. The molecular formula is C27H20FN3O2. The highest BCUT2D eigenvalue weighted by molar-refractivity contribution is 6.04. The van der Waals surface area contributed by atoms with Crippen LogP contribution in [-0.4, -0.2) is 15.3 Å². The van der Waals surface area contributed by atoms with Crippen LogP contribution in [0.25, 0.3) is 16.9 Å². The number of pyridine rings is 1. The van der Waals surface area contributed by atoms with Crippen LogP contribution in [0.4, 0.5) is 10.1 Å². The Morgan fingerprint density at radius 3 is 2.58 bits per heavy atom. The molecule has 0 saturated carbocycles. The third-order valence-electron chi connectivity index (χ3n) is 5.24. The van der Waals surface area contributed by atoms with E-state index < -0.39 is 0 Å². The fourth-order valence-corrected chi connectivity index (χ4v) is 3.59. The van der Waals surface area contributed by atoms with Gasteiger partial charge in [-0.2, -0.15) is 0 Å². The summed E-state index contributed by atoms with van der Waals surface area (Å²) in [5.74, 6) is 0.381. The fourth-order valence-electron chi connectivity index (χ4n) is 3.59. The van der Waals surface area contributed by atoms with Crippen LogP contribution in [0, 0.1) is 12.7 Å². The van der Waals surface area contributed by atoms with E-state index in [2.05, 4.69) is 5.32 Å². The first-order valence-corrected chi connectivity index (χ1v) is 10.4. The zero-order valence-electron chi connectivity index (χ0n) is 17.8. The quantitative estimate of drug-likeness (QED) is 0.342. The number of nitrogens with one attached hydrogen (secondary N) is 1. The predicted octanol–water partition coefficient (Wildman–Crippen LogP) is 6.49. The summed E-state index contributed by atoms with van der Waals surface area (Å²) < 4.78 is 20.8. The zero-order valence-corrected chi connectivity index (χ0v) is 17.8. The number of aromatic nitrogens is 2. The summed E-state index contributed by atoms with van der Waals surface area (Å²) in [5, 5.41) is 2.93. The standard InChI is InChI=1S/C27H20FN3O2/c1-18-5-4-14-31-17-25(30-26(18)31)19-6-2-8-22(15-19)29-27(32)20-7-3-9-24(16-20)33-23-12-10-21(28)11-13-23/h2-17H,1H3,(H,29,32). The highest BCUT2D eigenvalue weighted by Gasteiger charge is 2.11. The second-order valence-electron chi connectivity index (χ2n) is 7.67. The van der Waals surface area contributed by atoms with Crippen LogP contribution in [0.5, 0.6) is 11.5 Å². The summed E-state index contributed by atoms with van der Waals surface area (Å²) >= 11 is 0. The number of hydrogen-bond acceptors (Lipinski definition) is 3. The van der Waals surface area contributed by atoms with Gasteiger partial charge in [-0.05, 0) is 73.2 Å². The number of carbonyl (C=O) groups excluding carboxylic acids is 1. The van der Waals surface area contributed by atoms with Gasteiger partial charge in [-0.25, -0.2) is 9.37 Å². The minimum absolute atomic E-state index is 0.262. The van der Waals surface area contributed by atoms with Crippen LogP contribution in [0.2, 0.25) is 0 Å². The Labute approximate surface area is 190 Å². The van der Waals surface area contributed by atoms with Gasteiger partial charge < -0.3 is 14.5 Å². The van der Waals surface area contributed by atoms with Gasteiger partial charge in [-0.1, -0.05) is 24.3 Å². The summed E-state index contributed by atoms with van der Waals surface area (Å²) in [6.07, 6.45) is 3.94. The second-order valence-corrected chi connectivity index (χ2v) is 7.67. The molecule has 5 nitrogen and oxygen atoms in total. The molecule has 33 heavy (non-hydrogen) atoms. The number of ether oxygens (including phenoxy) is 1. The Bertz CT molecular complexity index is 1460. The molecule has 0 saturated heterocycles. The maximum absolute atomic E-state index is 13.1. The number of anilines is 1. The van der Waals surface area contributed by atoms with Gasteiger partial charge in [0, 0.05) is 29.2 Å². The Morgan fingerprint density at radius 2 is 1.76 bits per heavy atom. The topological polar surface area (TPSA) is 55.6 Å². The Hall–Kier alpha value is -4.45. The van der Waals surface area contributed by atoms with Gasteiger partial charge in [-0.3, -0.25) is 4.79 Å². The number of hydrogen-bond donors (Lipinski definition) is 1. The van der Waals surface area contributed by atoms with E-state index in [-0.39, 0.29) is 11.7 Å². The van der Waals surface area contributed by atoms with Crippen molar-refractivity contribution in [1.82, 2.24) is 9.38 Å². The number of amides is 1. The lowest BCUT2D eigenvalue weighted by atomic mass is 10.1. The van der Waals surface area contributed by atoms with E-state index in [0.717, 1.165) is 22.5 Å². The van der Waals surface area contributed by atoms with Gasteiger partial charge in [0.1, 0.15) is 23.0 Å². The average molecular weight is 437 g/mol. The molecule has 5 aromatic rings. The van der Waals surface area contributed by atoms with Crippen molar-refractivity contribution < 1.29 is 13.9 Å². The highest BCUT2D eigenvalue weighted by atomic mass is 19.1. The first-order chi connectivity index (χ1) is 16.0. The molecule has 0 atom stereocenters. The van der Waals surface area contributed by atoms with Gasteiger partial charge in [0.05, 0.1) is 5.69 Å². The lowest BCUT2D eigenvalue weighted by Crippen LogP contribution is -2.11. The molecule has 0 aliphatic carbocycles. The van der Waals surface area contributed by atoms with Crippen LogP contribution in [0.3, 0.4) is 0 Å². The molecule has 3 aromatic carbocycles. The molecule has 1 amide bonds. The molecule has 5 rings (SSSR count). The summed E-state index contributed by atoms with van der Waals surface area (Å²) in [5.41, 5.74) is 4.84. The maximum atomic E-state index is 13.1. The SMILES string of the molecule is Cc1cccn2cc(-c3cccc(NC(=O)c4cccc(Oc5ccc(F)cc5)c4)c3)nc12. The summed E-state index contributed by atoms with van der Waals surface area (Å²) in [6, 6.07) is 24.1. The predicted molar refractivity (Wildman–Crippen MR) is 126 cm³/mol. The smallest absolute Gasteiger partial charge is 0.255 e. The van der Waals surface area contributed by atoms with Crippen molar-refractivity contribution in [2.24, 2.45) is 0 Å². The van der Waals surface area contributed by atoms with Gasteiger partial charge >= 0.3 is 0 Å². The van der Waals surface area contributed by atoms with E-state index in [4.69, 9.17) is 9.72 Å². The number of fused-ring (bicyclic) bond motifs is 1. The van der Waals surface area contributed by atoms with Crippen LogP contribution in [-0.2, 0) is 0 Å². The molecule has 2 heterocycles. The minimum Gasteiger partial charge on any atom is -0.457 e. The first kappa shape index (κ1) is 20.5. The van der Waals surface area contributed by atoms with E-state index in [1.165, 1.54) is 24.3 Å². The van der Waals surface area contributed by atoms with Crippen molar-refractivity contribution in [3.63, 3.8) is 0 Å². The maximum Gasteiger partial charge on any atom is 0.255 e. The Morgan fingerprint density at radius 1 is 0.939 bits per heavy atom. The number of rotatable bonds is 5. The van der Waals surface area contributed by atoms with E-state index in [0.29, 0.717) is 22.7 Å². The molecule has 0 radical (unpaired) electrons. The number of aryl methyl sites for hydroxylation is 1. The molecule has 0 aliphatic heterocycles. The van der Waals surface area contributed by atoms with Crippen molar-refractivity contribution in [2.75, 3.05) is 5.32 Å². The van der Waals surface area contributed by atoms with Gasteiger partial charge in [0.15, 0.2) is 0 Å². The zero-order chi connectivity index (χ0) is 22.8. The Balaban J connectivity index is 1.35. The summed E-state index contributed by atoms with van der Waals surface area (Å²) in [7, 11) is 0. The molecule has 1 N–H and O–H groups in total. The van der Waals surface area contributed by atoms with E-state index in [9.17, 15) is 9.18 Å². The number of carbonyl (C=O) groups is 1. The van der Waals surface area contributed by atoms with Gasteiger partial charge in [-0.15, -0.1) is 0 Å². The average Bonchev–Trinajstić information content (AvgIpc) is 3.27. The molecule has 0 unspecified atom stereocenters.